The Hall–Kier alpha value is -4.46. The maximum Gasteiger partial charge on any atom is 0.336 e. The molecular weight excluding hydrogens is 609 g/mol. The minimum atomic E-state index is -2.74. The molecule has 2 aliphatic rings. The van der Waals surface area contributed by atoms with Gasteiger partial charge in [0, 0.05) is 36.4 Å². The second-order valence-electron chi connectivity index (χ2n) is 11.5. The molecule has 0 saturated carbocycles. The fourth-order valence-electron chi connectivity index (χ4n) is 6.05. The number of hydrogen-bond acceptors (Lipinski definition) is 7. The van der Waals surface area contributed by atoms with Crippen LogP contribution >= 0.6 is 0 Å². The summed E-state index contributed by atoms with van der Waals surface area (Å²) in [6, 6.07) is 17.6. The van der Waals surface area contributed by atoms with Gasteiger partial charge in [0.1, 0.15) is 17.5 Å². The molecule has 5 N–H and O–H groups in total. The number of benzene rings is 3. The van der Waals surface area contributed by atoms with E-state index in [1.807, 2.05) is 6.07 Å². The van der Waals surface area contributed by atoms with E-state index in [0.29, 0.717) is 6.42 Å². The van der Waals surface area contributed by atoms with Crippen LogP contribution in [0.25, 0.3) is 0 Å². The van der Waals surface area contributed by atoms with Crippen molar-refractivity contribution in [2.75, 3.05) is 24.5 Å². The minimum Gasteiger partial charge on any atom is -0.481 e. The van der Waals surface area contributed by atoms with Gasteiger partial charge in [0.05, 0.1) is 18.9 Å². The number of fused-ring (bicyclic) bond motifs is 3. The molecule has 1 saturated heterocycles. The molecule has 0 aliphatic carbocycles. The molecule has 46 heavy (non-hydrogen) atoms. The Balaban J connectivity index is 0.000000315. The summed E-state index contributed by atoms with van der Waals surface area (Å²) >= 11 is 0. The summed E-state index contributed by atoms with van der Waals surface area (Å²) in [5.74, 6) is -5.68. The normalized spacial score (nSPS) is 18.2. The number of aliphatic hydroxyl groups is 2. The van der Waals surface area contributed by atoms with E-state index in [4.69, 9.17) is 20.4 Å². The van der Waals surface area contributed by atoms with Crippen LogP contribution in [0.4, 0.5) is 24.5 Å². The van der Waals surface area contributed by atoms with Crippen LogP contribution in [0.3, 0.4) is 0 Å². The Morgan fingerprint density at radius 3 is 1.98 bits per heavy atom. The number of rotatable bonds is 11. The molecule has 0 radical (unpaired) electrons. The molecule has 3 atom stereocenters. The zero-order valence-electron chi connectivity index (χ0n) is 24.7. The van der Waals surface area contributed by atoms with E-state index in [-0.39, 0.29) is 29.4 Å². The average Bonchev–Trinajstić information content (AvgIpc) is 3.30. The van der Waals surface area contributed by atoms with Crippen LogP contribution < -0.4 is 4.90 Å². The second kappa shape index (κ2) is 14.8. The highest BCUT2D eigenvalue weighted by Crippen LogP contribution is 2.48. The maximum absolute atomic E-state index is 14.1. The number of anilines is 2. The van der Waals surface area contributed by atoms with Gasteiger partial charge in [-0.15, -0.1) is 0 Å². The molecule has 2 aliphatic heterocycles. The fraction of sp³-hybridized carbons (Fsp3) is 0.364. The van der Waals surface area contributed by atoms with E-state index < -0.39 is 42.5 Å². The number of likely N-dealkylation sites (tertiary alicyclic amines) is 1. The molecule has 1 fully saturated rings. The highest BCUT2D eigenvalue weighted by Gasteiger charge is 2.43. The number of aliphatic hydroxyl groups excluding tert-OH is 1. The number of halogens is 3. The van der Waals surface area contributed by atoms with Crippen molar-refractivity contribution in [1.29, 1.82) is 0 Å². The number of carbonyl (C=O) groups is 3. The van der Waals surface area contributed by atoms with Gasteiger partial charge < -0.3 is 35.3 Å². The molecule has 246 valence electrons. The Morgan fingerprint density at radius 2 is 1.41 bits per heavy atom. The smallest absolute Gasteiger partial charge is 0.336 e. The Kier molecular flexibility index (Phi) is 11.0. The summed E-state index contributed by atoms with van der Waals surface area (Å²) in [5.41, 5.74) is 0.905. The zero-order valence-corrected chi connectivity index (χ0v) is 24.7. The van der Waals surface area contributed by atoms with Gasteiger partial charge in [-0.05, 0) is 91.5 Å². The number of nitrogens with zero attached hydrogens (tertiary/aromatic N) is 2. The first-order chi connectivity index (χ1) is 21.8. The number of carboxylic acid groups (broad SMARTS) is 3. The molecule has 0 bridgehead atoms. The maximum atomic E-state index is 14.1. The van der Waals surface area contributed by atoms with Crippen molar-refractivity contribution in [2.45, 2.75) is 55.8 Å². The molecule has 5 rings (SSSR count). The van der Waals surface area contributed by atoms with Crippen LogP contribution in [0.15, 0.2) is 66.7 Å². The van der Waals surface area contributed by atoms with Gasteiger partial charge in [-0.3, -0.25) is 9.59 Å². The van der Waals surface area contributed by atoms with Crippen LogP contribution in [-0.2, 0) is 14.4 Å². The first-order valence-corrected chi connectivity index (χ1v) is 14.7. The lowest BCUT2D eigenvalue weighted by Gasteiger charge is -2.39. The lowest BCUT2D eigenvalue weighted by molar-refractivity contribution is -0.170. The van der Waals surface area contributed by atoms with E-state index in [0.717, 1.165) is 55.0 Å². The summed E-state index contributed by atoms with van der Waals surface area (Å²) in [6.45, 7) is 2.55. The summed E-state index contributed by atoms with van der Waals surface area (Å²) in [4.78, 5) is 35.1. The summed E-state index contributed by atoms with van der Waals surface area (Å²) in [6.07, 6.45) is -0.572. The van der Waals surface area contributed by atoms with Crippen molar-refractivity contribution in [1.82, 2.24) is 4.90 Å². The highest BCUT2D eigenvalue weighted by molar-refractivity contribution is 5.88. The molecule has 0 spiro atoms. The number of piperidine rings is 1. The third-order valence-electron chi connectivity index (χ3n) is 8.24. The molecule has 0 amide bonds. The van der Waals surface area contributed by atoms with Gasteiger partial charge in [0.25, 0.3) is 0 Å². The van der Waals surface area contributed by atoms with E-state index in [9.17, 15) is 32.7 Å². The lowest BCUT2D eigenvalue weighted by atomic mass is 9.88. The van der Waals surface area contributed by atoms with Crippen molar-refractivity contribution < 1.29 is 53.1 Å². The molecule has 0 aromatic heterocycles. The van der Waals surface area contributed by atoms with E-state index in [1.54, 1.807) is 30.3 Å². The second-order valence-corrected chi connectivity index (χ2v) is 11.5. The van der Waals surface area contributed by atoms with Crippen molar-refractivity contribution in [3.05, 3.63) is 95.3 Å². The molecule has 3 aromatic carbocycles. The average molecular weight is 645 g/mol. The van der Waals surface area contributed by atoms with Gasteiger partial charge in [0.15, 0.2) is 5.60 Å². The predicted octanol–water partition coefficient (Wildman–Crippen LogP) is 4.68. The third kappa shape index (κ3) is 8.42. The largest absolute Gasteiger partial charge is 0.481 e. The standard InChI is InChI=1S/C27H27F3N2O.C6H8O7/c28-19-5-3-18(4-6-19)27(33)2-1-14-31-15-13-26-24(17-31)23-16-21(30)9-12-25(23)32(26)22-10-7-20(29)8-11-22;7-3(8)1-6(13,5(11)12)2-4(9)10/h3-12,16,24,26-27,33H,1-2,13-15,17H2;13H,1-2H2,(H,7,8)(H,9,10)(H,11,12). The first kappa shape index (κ1) is 34.4. The third-order valence-corrected chi connectivity index (χ3v) is 8.24. The Bertz CT molecular complexity index is 1520. The van der Waals surface area contributed by atoms with Gasteiger partial charge in [0.2, 0.25) is 0 Å². The van der Waals surface area contributed by atoms with Crippen LogP contribution in [-0.4, -0.2) is 79.6 Å². The monoisotopic (exact) mass is 644 g/mol. The summed E-state index contributed by atoms with van der Waals surface area (Å²) < 4.78 is 40.7. The SMILES string of the molecule is O=C(O)CC(O)(CC(=O)O)C(=O)O.OC(CCCN1CCC2C(C1)c1cc(F)ccc1N2c1ccc(F)cc1)c1ccc(F)cc1. The van der Waals surface area contributed by atoms with Gasteiger partial charge in [-0.2, -0.15) is 0 Å². The van der Waals surface area contributed by atoms with E-state index in [1.165, 1.54) is 30.3 Å². The first-order valence-electron chi connectivity index (χ1n) is 14.7. The van der Waals surface area contributed by atoms with Crippen LogP contribution in [0, 0.1) is 17.5 Å². The Morgan fingerprint density at radius 1 is 0.848 bits per heavy atom. The number of hydrogen-bond donors (Lipinski definition) is 5. The molecule has 2 heterocycles. The molecular formula is C33H35F3N2O8. The summed E-state index contributed by atoms with van der Waals surface area (Å²) in [7, 11) is 0. The number of carboxylic acids is 3. The lowest BCUT2D eigenvalue weighted by Crippen LogP contribution is -2.45. The molecule has 3 unspecified atom stereocenters. The molecule has 13 heteroatoms. The topological polar surface area (TPSA) is 159 Å². The summed E-state index contributed by atoms with van der Waals surface area (Å²) in [5, 5.41) is 44.2. The fourth-order valence-corrected chi connectivity index (χ4v) is 6.05. The van der Waals surface area contributed by atoms with Crippen molar-refractivity contribution in [3.8, 4) is 0 Å². The van der Waals surface area contributed by atoms with Crippen LogP contribution in [0.1, 0.15) is 55.3 Å². The Labute approximate surface area is 262 Å². The number of aliphatic carboxylic acids is 3. The molecule has 10 nitrogen and oxygen atoms in total. The zero-order chi connectivity index (χ0) is 33.6. The van der Waals surface area contributed by atoms with Gasteiger partial charge >= 0.3 is 17.9 Å². The minimum absolute atomic E-state index is 0.163. The van der Waals surface area contributed by atoms with E-state index >= 15 is 0 Å². The quantitative estimate of drug-likeness (QED) is 0.199. The highest BCUT2D eigenvalue weighted by atomic mass is 19.1. The van der Waals surface area contributed by atoms with E-state index in [2.05, 4.69) is 9.80 Å². The van der Waals surface area contributed by atoms with Crippen molar-refractivity contribution in [2.24, 2.45) is 0 Å². The van der Waals surface area contributed by atoms with Crippen LogP contribution in [0.2, 0.25) is 0 Å². The van der Waals surface area contributed by atoms with Crippen LogP contribution in [0.5, 0.6) is 0 Å². The molecule has 3 aromatic rings. The van der Waals surface area contributed by atoms with Gasteiger partial charge in [-0.1, -0.05) is 12.1 Å². The van der Waals surface area contributed by atoms with Gasteiger partial charge in [-0.25, -0.2) is 18.0 Å². The van der Waals surface area contributed by atoms with Crippen molar-refractivity contribution >= 4 is 29.3 Å². The van der Waals surface area contributed by atoms with Crippen molar-refractivity contribution in [3.63, 3.8) is 0 Å². The predicted molar refractivity (Wildman–Crippen MR) is 160 cm³/mol.